The first-order chi connectivity index (χ1) is 11.0. The number of likely N-dealkylation sites (N-methyl/N-ethyl adjacent to an activating group) is 1. The van der Waals surface area contributed by atoms with Gasteiger partial charge in [-0.2, -0.15) is 0 Å². The second-order valence-electron chi connectivity index (χ2n) is 5.37. The number of imidazole rings is 1. The molecule has 2 aromatic heterocycles. The van der Waals surface area contributed by atoms with Crippen molar-refractivity contribution in [3.05, 3.63) is 51.8 Å². The zero-order chi connectivity index (χ0) is 16.6. The average Bonchev–Trinajstić information content (AvgIpc) is 2.86. The lowest BCUT2D eigenvalue weighted by Gasteiger charge is -2.13. The molecule has 0 aliphatic heterocycles. The van der Waals surface area contributed by atoms with E-state index in [0.717, 1.165) is 5.56 Å². The van der Waals surface area contributed by atoms with Gasteiger partial charge in [-0.05, 0) is 30.3 Å². The summed E-state index contributed by atoms with van der Waals surface area (Å²) in [5.41, 5.74) is 1.73. The fourth-order valence-electron chi connectivity index (χ4n) is 2.28. The molecule has 0 saturated carbocycles. The van der Waals surface area contributed by atoms with Crippen LogP contribution in [0.3, 0.4) is 0 Å². The van der Waals surface area contributed by atoms with Crippen LogP contribution in [0.25, 0.3) is 22.6 Å². The molecular formula is C16H15ClN4O2. The predicted octanol–water partition coefficient (Wildman–Crippen LogP) is 2.13. The van der Waals surface area contributed by atoms with Crippen molar-refractivity contribution in [3.8, 4) is 11.4 Å². The highest BCUT2D eigenvalue weighted by Gasteiger charge is 2.16. The van der Waals surface area contributed by atoms with Crippen LogP contribution in [0.15, 0.2) is 41.2 Å². The summed E-state index contributed by atoms with van der Waals surface area (Å²) in [5.74, 6) is 0.512. The van der Waals surface area contributed by atoms with Crippen LogP contribution in [0, 0.1) is 0 Å². The van der Waals surface area contributed by atoms with E-state index < -0.39 is 0 Å². The van der Waals surface area contributed by atoms with Gasteiger partial charge < -0.3 is 14.5 Å². The van der Waals surface area contributed by atoms with Crippen molar-refractivity contribution in [2.75, 3.05) is 14.1 Å². The maximum atomic E-state index is 12.1. The molecule has 0 spiro atoms. The SMILES string of the molecule is CN(C)C(=O)Cn1c(-c2ccc(Cl)cc2)nc2ccc(=O)[nH]c21. The quantitative estimate of drug-likeness (QED) is 0.799. The monoisotopic (exact) mass is 330 g/mol. The number of carbonyl (C=O) groups excluding carboxylic acids is 1. The van der Waals surface area contributed by atoms with Crippen molar-refractivity contribution in [2.24, 2.45) is 0 Å². The molecule has 2 heterocycles. The minimum absolute atomic E-state index is 0.0847. The summed E-state index contributed by atoms with van der Waals surface area (Å²) < 4.78 is 1.71. The molecule has 0 radical (unpaired) electrons. The van der Waals surface area contributed by atoms with Crippen LogP contribution in [-0.4, -0.2) is 39.4 Å². The topological polar surface area (TPSA) is 71.0 Å². The summed E-state index contributed by atoms with van der Waals surface area (Å²) in [7, 11) is 3.37. The Morgan fingerprint density at radius 3 is 2.57 bits per heavy atom. The highest BCUT2D eigenvalue weighted by atomic mass is 35.5. The fraction of sp³-hybridized carbons (Fsp3) is 0.188. The Bertz CT molecular complexity index is 925. The summed E-state index contributed by atoms with van der Waals surface area (Å²) >= 11 is 5.93. The fourth-order valence-corrected chi connectivity index (χ4v) is 2.41. The van der Waals surface area contributed by atoms with Gasteiger partial charge in [0.1, 0.15) is 23.5 Å². The number of amides is 1. The van der Waals surface area contributed by atoms with E-state index in [2.05, 4.69) is 9.97 Å². The van der Waals surface area contributed by atoms with Crippen LogP contribution in [0.2, 0.25) is 5.02 Å². The Hall–Kier alpha value is -2.60. The lowest BCUT2D eigenvalue weighted by atomic mass is 10.2. The molecule has 1 amide bonds. The molecule has 0 bridgehead atoms. The summed E-state index contributed by atoms with van der Waals surface area (Å²) in [5, 5.41) is 0.620. The molecule has 0 atom stereocenters. The molecule has 1 N–H and O–H groups in total. The Labute approximate surface area is 137 Å². The van der Waals surface area contributed by atoms with Crippen molar-refractivity contribution in [1.82, 2.24) is 19.4 Å². The molecule has 0 aliphatic carbocycles. The molecule has 7 heteroatoms. The van der Waals surface area contributed by atoms with Crippen LogP contribution in [0.1, 0.15) is 0 Å². The van der Waals surface area contributed by atoms with E-state index >= 15 is 0 Å². The van der Waals surface area contributed by atoms with E-state index in [9.17, 15) is 9.59 Å². The molecular weight excluding hydrogens is 316 g/mol. The number of hydrogen-bond donors (Lipinski definition) is 1. The number of aromatic nitrogens is 3. The molecule has 23 heavy (non-hydrogen) atoms. The zero-order valence-electron chi connectivity index (χ0n) is 12.7. The van der Waals surface area contributed by atoms with Gasteiger partial charge in [0.15, 0.2) is 0 Å². The molecule has 6 nitrogen and oxygen atoms in total. The molecule has 118 valence electrons. The van der Waals surface area contributed by atoms with E-state index in [0.29, 0.717) is 22.0 Å². The summed E-state index contributed by atoms with van der Waals surface area (Å²) in [6.45, 7) is 0.0847. The van der Waals surface area contributed by atoms with Crippen molar-refractivity contribution >= 4 is 28.7 Å². The van der Waals surface area contributed by atoms with Gasteiger partial charge in [-0.15, -0.1) is 0 Å². The Kier molecular flexibility index (Phi) is 3.92. The van der Waals surface area contributed by atoms with E-state index in [1.807, 2.05) is 12.1 Å². The van der Waals surface area contributed by atoms with Gasteiger partial charge in [-0.3, -0.25) is 9.59 Å². The third-order valence-corrected chi connectivity index (χ3v) is 3.78. The predicted molar refractivity (Wildman–Crippen MR) is 89.5 cm³/mol. The van der Waals surface area contributed by atoms with Gasteiger partial charge in [0, 0.05) is 30.7 Å². The number of benzene rings is 1. The minimum Gasteiger partial charge on any atom is -0.347 e. The number of halogens is 1. The molecule has 1 aromatic carbocycles. The standard InChI is InChI=1S/C16H15ClN4O2/c1-20(2)14(23)9-21-15(10-3-5-11(17)6-4-10)18-12-7-8-13(22)19-16(12)21/h3-8H,9H2,1-2H3,(H,19,22). The van der Waals surface area contributed by atoms with Crippen LogP contribution in [0.5, 0.6) is 0 Å². The number of nitrogens with zero attached hydrogens (tertiary/aromatic N) is 3. The van der Waals surface area contributed by atoms with Crippen molar-refractivity contribution in [2.45, 2.75) is 6.54 Å². The summed E-state index contributed by atoms with van der Waals surface area (Å²) in [6.07, 6.45) is 0. The van der Waals surface area contributed by atoms with Crippen LogP contribution >= 0.6 is 11.6 Å². The highest BCUT2D eigenvalue weighted by Crippen LogP contribution is 2.24. The van der Waals surface area contributed by atoms with Crippen LogP contribution in [0.4, 0.5) is 0 Å². The number of carbonyl (C=O) groups is 1. The first kappa shape index (κ1) is 15.3. The first-order valence-corrected chi connectivity index (χ1v) is 7.39. The molecule has 0 aliphatic rings. The van der Waals surface area contributed by atoms with Crippen LogP contribution < -0.4 is 5.56 Å². The Morgan fingerprint density at radius 1 is 1.22 bits per heavy atom. The molecule has 3 aromatic rings. The Balaban J connectivity index is 2.21. The minimum atomic E-state index is -0.237. The molecule has 3 rings (SSSR count). The number of H-pyrrole nitrogens is 1. The number of rotatable bonds is 3. The van der Waals surface area contributed by atoms with Crippen molar-refractivity contribution in [1.29, 1.82) is 0 Å². The number of hydrogen-bond acceptors (Lipinski definition) is 3. The lowest BCUT2D eigenvalue weighted by Crippen LogP contribution is -2.27. The molecule has 0 fully saturated rings. The Morgan fingerprint density at radius 2 is 1.91 bits per heavy atom. The van der Waals surface area contributed by atoms with Gasteiger partial charge in [0.25, 0.3) is 0 Å². The van der Waals surface area contributed by atoms with E-state index in [-0.39, 0.29) is 18.0 Å². The summed E-state index contributed by atoms with van der Waals surface area (Å²) in [4.78, 5) is 32.6. The summed E-state index contributed by atoms with van der Waals surface area (Å²) in [6, 6.07) is 10.2. The highest BCUT2D eigenvalue weighted by molar-refractivity contribution is 6.30. The number of fused-ring (bicyclic) bond motifs is 1. The molecule has 0 saturated heterocycles. The van der Waals surface area contributed by atoms with Gasteiger partial charge in [0.05, 0.1) is 0 Å². The van der Waals surface area contributed by atoms with Gasteiger partial charge in [-0.1, -0.05) is 11.6 Å². The maximum absolute atomic E-state index is 12.1. The van der Waals surface area contributed by atoms with E-state index in [1.54, 1.807) is 36.9 Å². The lowest BCUT2D eigenvalue weighted by molar-refractivity contribution is -0.129. The van der Waals surface area contributed by atoms with Crippen molar-refractivity contribution < 1.29 is 4.79 Å². The number of nitrogens with one attached hydrogen (secondary N) is 1. The maximum Gasteiger partial charge on any atom is 0.249 e. The van der Waals surface area contributed by atoms with Crippen LogP contribution in [-0.2, 0) is 11.3 Å². The second kappa shape index (κ2) is 5.89. The second-order valence-corrected chi connectivity index (χ2v) is 5.81. The van der Waals surface area contributed by atoms with Crippen molar-refractivity contribution in [3.63, 3.8) is 0 Å². The number of pyridine rings is 1. The van der Waals surface area contributed by atoms with E-state index in [1.165, 1.54) is 11.0 Å². The van der Waals surface area contributed by atoms with Gasteiger partial charge >= 0.3 is 0 Å². The largest absolute Gasteiger partial charge is 0.347 e. The smallest absolute Gasteiger partial charge is 0.249 e. The normalized spacial score (nSPS) is 10.9. The van der Waals surface area contributed by atoms with E-state index in [4.69, 9.17) is 11.6 Å². The number of aromatic amines is 1. The third kappa shape index (κ3) is 2.98. The third-order valence-electron chi connectivity index (χ3n) is 3.52. The first-order valence-electron chi connectivity index (χ1n) is 7.01. The van der Waals surface area contributed by atoms with Gasteiger partial charge in [0.2, 0.25) is 11.5 Å². The average molecular weight is 331 g/mol. The molecule has 0 unspecified atom stereocenters. The van der Waals surface area contributed by atoms with Gasteiger partial charge in [-0.25, -0.2) is 4.98 Å². The zero-order valence-corrected chi connectivity index (χ0v) is 13.5.